The lowest BCUT2D eigenvalue weighted by Gasteiger charge is -2.29. The third-order valence-corrected chi connectivity index (χ3v) is 5.68. The van der Waals surface area contributed by atoms with Crippen molar-refractivity contribution in [2.45, 2.75) is 37.6 Å². The Morgan fingerprint density at radius 3 is 2.55 bits per heavy atom. The minimum atomic E-state index is -4.52. The highest BCUT2D eigenvalue weighted by molar-refractivity contribution is 8.93. The minimum Gasteiger partial charge on any atom is -0.346 e. The van der Waals surface area contributed by atoms with Crippen molar-refractivity contribution < 1.29 is 27.8 Å². The maximum absolute atomic E-state index is 13.3. The monoisotopic (exact) mass is 500 g/mol. The van der Waals surface area contributed by atoms with E-state index in [0.29, 0.717) is 13.0 Å². The predicted octanol–water partition coefficient (Wildman–Crippen LogP) is 4.84. The van der Waals surface area contributed by atoms with Crippen LogP contribution in [0.15, 0.2) is 48.5 Å². The molecule has 31 heavy (non-hydrogen) atoms. The second-order valence-electron chi connectivity index (χ2n) is 7.66. The number of alkyl halides is 3. The normalized spacial score (nSPS) is 21.4. The molecular weight excluding hydrogens is 479 g/mol. The Hall–Kier alpha value is -2.46. The van der Waals surface area contributed by atoms with E-state index < -0.39 is 22.4 Å². The quantitative estimate of drug-likeness (QED) is 0.371. The van der Waals surface area contributed by atoms with Gasteiger partial charge in [0.1, 0.15) is 5.69 Å². The first-order valence-electron chi connectivity index (χ1n) is 9.76. The first kappa shape index (κ1) is 23.2. The lowest BCUT2D eigenvalue weighted by molar-refractivity contribution is -0.534. The van der Waals surface area contributed by atoms with Crippen LogP contribution < -0.4 is 4.90 Å². The SMILES string of the molecule is Br.O=[N+]([O-])c1cccc(C2(O)C[N+]3=C(CCCCC3)N2c2cccc(C(F)(F)F)c2)c1. The number of nitro benzene ring substituents is 1. The van der Waals surface area contributed by atoms with E-state index in [4.69, 9.17) is 0 Å². The number of hydrogen-bond acceptors (Lipinski definition) is 4. The Morgan fingerprint density at radius 1 is 1.10 bits per heavy atom. The standard InChI is InChI=1S/C21H21F3N3O3.BrH/c22-21(23,24)16-7-5-8-17(13-16)26-19-10-2-1-3-11-25(19)14-20(26,28)15-6-4-9-18(12-15)27(29)30;/h4-9,12-13,28H,1-3,10-11,14H2;1H/q+1;. The molecule has 6 nitrogen and oxygen atoms in total. The van der Waals surface area contributed by atoms with Gasteiger partial charge >= 0.3 is 6.18 Å². The highest BCUT2D eigenvalue weighted by Crippen LogP contribution is 2.40. The first-order chi connectivity index (χ1) is 14.2. The summed E-state index contributed by atoms with van der Waals surface area (Å²) in [7, 11) is 0. The van der Waals surface area contributed by atoms with E-state index in [2.05, 4.69) is 0 Å². The van der Waals surface area contributed by atoms with E-state index in [9.17, 15) is 28.4 Å². The summed E-state index contributed by atoms with van der Waals surface area (Å²) in [6.45, 7) is 0.793. The summed E-state index contributed by atoms with van der Waals surface area (Å²) in [6, 6.07) is 10.5. The number of hydrogen-bond donors (Lipinski definition) is 1. The lowest BCUT2D eigenvalue weighted by atomic mass is 9.99. The molecule has 0 aliphatic carbocycles. The molecule has 0 spiro atoms. The third kappa shape index (κ3) is 4.31. The zero-order chi connectivity index (χ0) is 21.5. The molecule has 2 aromatic rings. The van der Waals surface area contributed by atoms with Crippen LogP contribution in [0.3, 0.4) is 0 Å². The molecule has 2 aliphatic heterocycles. The number of benzene rings is 2. The zero-order valence-electron chi connectivity index (χ0n) is 16.5. The van der Waals surface area contributed by atoms with Crippen LogP contribution in [0.4, 0.5) is 24.5 Å². The molecule has 1 unspecified atom stereocenters. The summed E-state index contributed by atoms with van der Waals surface area (Å²) in [6.07, 6.45) is -1.16. The van der Waals surface area contributed by atoms with Gasteiger partial charge in [0.2, 0.25) is 0 Å². The number of halogens is 4. The summed E-state index contributed by atoms with van der Waals surface area (Å²) in [5.74, 6) is 0.737. The van der Waals surface area contributed by atoms with Crippen LogP contribution in [-0.2, 0) is 11.9 Å². The highest BCUT2D eigenvalue weighted by atomic mass is 79.9. The predicted molar refractivity (Wildman–Crippen MR) is 115 cm³/mol. The largest absolute Gasteiger partial charge is 0.416 e. The van der Waals surface area contributed by atoms with Crippen molar-refractivity contribution in [1.29, 1.82) is 0 Å². The van der Waals surface area contributed by atoms with Gasteiger partial charge in [0.15, 0.2) is 6.54 Å². The molecular formula is C21H22BrF3N3O3+. The van der Waals surface area contributed by atoms with Gasteiger partial charge in [-0.1, -0.05) is 18.2 Å². The van der Waals surface area contributed by atoms with E-state index in [1.165, 1.54) is 35.2 Å². The molecule has 0 amide bonds. The molecule has 2 heterocycles. The van der Waals surface area contributed by atoms with Crippen LogP contribution in [0.2, 0.25) is 0 Å². The molecule has 2 aromatic carbocycles. The Bertz CT molecular complexity index is 1030. The van der Waals surface area contributed by atoms with Gasteiger partial charge in [0.25, 0.3) is 17.2 Å². The van der Waals surface area contributed by atoms with Crippen LogP contribution in [0, 0.1) is 10.1 Å². The fraction of sp³-hybridized carbons (Fsp3) is 0.381. The van der Waals surface area contributed by atoms with Gasteiger partial charge in [0.05, 0.1) is 17.0 Å². The van der Waals surface area contributed by atoms with Crippen molar-refractivity contribution in [3.05, 3.63) is 69.8 Å². The third-order valence-electron chi connectivity index (χ3n) is 5.68. The fourth-order valence-corrected chi connectivity index (χ4v) is 4.30. The van der Waals surface area contributed by atoms with Gasteiger partial charge in [0, 0.05) is 24.1 Å². The van der Waals surface area contributed by atoms with E-state index in [0.717, 1.165) is 37.2 Å². The number of aliphatic hydroxyl groups is 1. The molecule has 0 saturated carbocycles. The van der Waals surface area contributed by atoms with Gasteiger partial charge < -0.3 is 5.11 Å². The van der Waals surface area contributed by atoms with E-state index in [1.807, 2.05) is 4.58 Å². The number of anilines is 1. The molecule has 0 aromatic heterocycles. The van der Waals surface area contributed by atoms with Crippen LogP contribution >= 0.6 is 17.0 Å². The minimum absolute atomic E-state index is 0. The average Bonchev–Trinajstić information content (AvgIpc) is 2.83. The molecule has 0 radical (unpaired) electrons. The van der Waals surface area contributed by atoms with Crippen LogP contribution in [0.1, 0.15) is 36.8 Å². The Labute approximate surface area is 187 Å². The van der Waals surface area contributed by atoms with Crippen LogP contribution in [0.5, 0.6) is 0 Å². The molecule has 0 fully saturated rings. The molecule has 166 valence electrons. The van der Waals surface area contributed by atoms with Gasteiger partial charge in [-0.2, -0.15) is 18.1 Å². The number of rotatable bonds is 3. The zero-order valence-corrected chi connectivity index (χ0v) is 18.2. The molecule has 4 rings (SSSR count). The first-order valence-corrected chi connectivity index (χ1v) is 9.76. The van der Waals surface area contributed by atoms with Gasteiger partial charge in [-0.25, -0.2) is 0 Å². The van der Waals surface area contributed by atoms with Crippen molar-refractivity contribution in [2.75, 3.05) is 18.0 Å². The molecule has 10 heteroatoms. The van der Waals surface area contributed by atoms with Crippen molar-refractivity contribution in [3.8, 4) is 0 Å². The van der Waals surface area contributed by atoms with Crippen molar-refractivity contribution in [3.63, 3.8) is 0 Å². The number of non-ortho nitro benzene ring substituents is 1. The van der Waals surface area contributed by atoms with Crippen LogP contribution in [0.25, 0.3) is 0 Å². The van der Waals surface area contributed by atoms with E-state index in [-0.39, 0.29) is 40.5 Å². The summed E-state index contributed by atoms with van der Waals surface area (Å²) in [4.78, 5) is 12.2. The lowest BCUT2D eigenvalue weighted by Crippen LogP contribution is -2.47. The van der Waals surface area contributed by atoms with Gasteiger partial charge in [-0.15, -0.1) is 17.0 Å². The molecule has 1 N–H and O–H groups in total. The summed E-state index contributed by atoms with van der Waals surface area (Å²) < 4.78 is 42.0. The van der Waals surface area contributed by atoms with Gasteiger partial charge in [-0.3, -0.25) is 14.7 Å². The Balaban J connectivity index is 0.00000272. The average molecular weight is 501 g/mol. The molecule has 2 aliphatic rings. The number of nitrogens with zero attached hydrogens (tertiary/aromatic N) is 3. The van der Waals surface area contributed by atoms with E-state index >= 15 is 0 Å². The van der Waals surface area contributed by atoms with Crippen molar-refractivity contribution >= 4 is 34.2 Å². The Kier molecular flexibility index (Phi) is 6.43. The smallest absolute Gasteiger partial charge is 0.346 e. The number of nitro groups is 1. The Morgan fingerprint density at radius 2 is 1.84 bits per heavy atom. The van der Waals surface area contributed by atoms with Crippen LogP contribution in [-0.4, -0.2) is 33.5 Å². The molecule has 1 atom stereocenters. The highest BCUT2D eigenvalue weighted by Gasteiger charge is 2.54. The summed E-state index contributed by atoms with van der Waals surface area (Å²) in [5.41, 5.74) is -2.23. The topological polar surface area (TPSA) is 69.6 Å². The molecule has 0 saturated heterocycles. The second kappa shape index (κ2) is 8.58. The van der Waals surface area contributed by atoms with Gasteiger partial charge in [-0.05, 0) is 37.5 Å². The second-order valence-corrected chi connectivity index (χ2v) is 7.66. The van der Waals surface area contributed by atoms with Crippen molar-refractivity contribution in [1.82, 2.24) is 0 Å². The maximum atomic E-state index is 13.3. The summed E-state index contributed by atoms with van der Waals surface area (Å²) in [5, 5.41) is 23.0. The maximum Gasteiger partial charge on any atom is 0.416 e. The molecule has 0 bridgehead atoms. The van der Waals surface area contributed by atoms with Crippen molar-refractivity contribution in [2.24, 2.45) is 0 Å². The van der Waals surface area contributed by atoms with E-state index in [1.54, 1.807) is 6.07 Å². The number of amidine groups is 1. The summed E-state index contributed by atoms with van der Waals surface area (Å²) >= 11 is 0. The fourth-order valence-electron chi connectivity index (χ4n) is 4.30.